The highest BCUT2D eigenvalue weighted by Gasteiger charge is 2.35. The lowest BCUT2D eigenvalue weighted by Crippen LogP contribution is -2.40. The summed E-state index contributed by atoms with van der Waals surface area (Å²) < 4.78 is 19.7. The van der Waals surface area contributed by atoms with Gasteiger partial charge in [-0.15, -0.1) is 0 Å². The third-order valence-electron chi connectivity index (χ3n) is 6.64. The van der Waals surface area contributed by atoms with E-state index in [-0.39, 0.29) is 24.9 Å². The number of halogens is 1. The first-order chi connectivity index (χ1) is 20.3. The molecular formula is C33H31ClN2O5S. The molecule has 5 rings (SSSR count). The van der Waals surface area contributed by atoms with E-state index in [1.54, 1.807) is 24.5 Å². The maximum absolute atomic E-state index is 14.1. The number of benzene rings is 3. The minimum atomic E-state index is -0.774. The molecule has 0 fully saturated rings. The van der Waals surface area contributed by atoms with E-state index in [0.717, 1.165) is 11.1 Å². The van der Waals surface area contributed by atoms with Gasteiger partial charge in [0.25, 0.3) is 5.56 Å². The summed E-state index contributed by atoms with van der Waals surface area (Å²) in [4.78, 5) is 32.6. The van der Waals surface area contributed by atoms with E-state index >= 15 is 0 Å². The van der Waals surface area contributed by atoms with Crippen molar-refractivity contribution in [3.8, 4) is 11.5 Å². The third-order valence-corrected chi connectivity index (χ3v) is 7.99. The number of esters is 1. The van der Waals surface area contributed by atoms with Crippen LogP contribution in [0.5, 0.6) is 11.5 Å². The lowest BCUT2D eigenvalue weighted by molar-refractivity contribution is -0.139. The monoisotopic (exact) mass is 602 g/mol. The van der Waals surface area contributed by atoms with Gasteiger partial charge in [-0.05, 0) is 52.0 Å². The largest absolute Gasteiger partial charge is 0.491 e. The predicted molar refractivity (Wildman–Crippen MR) is 165 cm³/mol. The first-order valence-corrected chi connectivity index (χ1v) is 14.9. The van der Waals surface area contributed by atoms with Crippen LogP contribution in [0.15, 0.2) is 93.9 Å². The summed E-state index contributed by atoms with van der Waals surface area (Å²) in [7, 11) is 0. The summed E-state index contributed by atoms with van der Waals surface area (Å²) in [5.74, 6) is 0.677. The molecule has 0 saturated carbocycles. The highest BCUT2D eigenvalue weighted by Crippen LogP contribution is 2.36. The summed E-state index contributed by atoms with van der Waals surface area (Å²) in [5.41, 5.74) is 2.79. The van der Waals surface area contributed by atoms with Crippen LogP contribution < -0.4 is 24.4 Å². The second-order valence-electron chi connectivity index (χ2n) is 9.92. The van der Waals surface area contributed by atoms with Crippen LogP contribution in [0, 0.1) is 0 Å². The fourth-order valence-corrected chi connectivity index (χ4v) is 6.02. The van der Waals surface area contributed by atoms with Crippen LogP contribution in [-0.2, 0) is 16.1 Å². The Bertz CT molecular complexity index is 1840. The highest BCUT2D eigenvalue weighted by molar-refractivity contribution is 7.07. The Kier molecular flexibility index (Phi) is 8.94. The molecule has 3 aromatic carbocycles. The Morgan fingerprint density at radius 3 is 2.48 bits per heavy atom. The van der Waals surface area contributed by atoms with Crippen molar-refractivity contribution in [1.82, 2.24) is 4.57 Å². The van der Waals surface area contributed by atoms with Gasteiger partial charge in [-0.1, -0.05) is 77.5 Å². The zero-order valence-corrected chi connectivity index (χ0v) is 25.4. The molecule has 0 N–H and O–H groups in total. The average Bonchev–Trinajstić information content (AvgIpc) is 3.26. The Balaban J connectivity index is 1.63. The molecule has 0 aliphatic carbocycles. The molecule has 0 spiro atoms. The van der Waals surface area contributed by atoms with Crippen LogP contribution in [0.4, 0.5) is 0 Å². The molecule has 1 aromatic heterocycles. The molecule has 42 heavy (non-hydrogen) atoms. The quantitative estimate of drug-likeness (QED) is 0.226. The summed E-state index contributed by atoms with van der Waals surface area (Å²) in [6, 6.07) is 21.7. The molecule has 0 amide bonds. The number of ether oxygens (including phenoxy) is 3. The van der Waals surface area contributed by atoms with Crippen LogP contribution in [0.3, 0.4) is 0 Å². The lowest BCUT2D eigenvalue weighted by atomic mass is 9.95. The van der Waals surface area contributed by atoms with E-state index in [0.29, 0.717) is 42.7 Å². The van der Waals surface area contributed by atoms with Crippen LogP contribution in [0.1, 0.15) is 50.4 Å². The molecule has 7 nitrogen and oxygen atoms in total. The molecule has 0 radical (unpaired) electrons. The van der Waals surface area contributed by atoms with Gasteiger partial charge in [0.2, 0.25) is 0 Å². The normalized spacial score (nSPS) is 14.9. The van der Waals surface area contributed by atoms with Crippen LogP contribution in [0.25, 0.3) is 6.08 Å². The lowest BCUT2D eigenvalue weighted by Gasteiger charge is -2.26. The molecule has 2 heterocycles. The Morgan fingerprint density at radius 1 is 1.05 bits per heavy atom. The molecular weight excluding hydrogens is 572 g/mol. The first-order valence-electron chi connectivity index (χ1n) is 13.7. The molecule has 0 saturated heterocycles. The molecule has 216 valence electrons. The van der Waals surface area contributed by atoms with E-state index in [4.69, 9.17) is 25.8 Å². The highest BCUT2D eigenvalue weighted by atomic mass is 35.5. The smallest absolute Gasteiger partial charge is 0.338 e. The molecule has 1 aliphatic rings. The van der Waals surface area contributed by atoms with Crippen molar-refractivity contribution in [2.75, 3.05) is 6.61 Å². The number of carbonyl (C=O) groups excluding carboxylic acids is 1. The average molecular weight is 603 g/mol. The summed E-state index contributed by atoms with van der Waals surface area (Å²) in [6.07, 6.45) is 1.68. The fraction of sp³-hybridized carbons (Fsp3) is 0.242. The number of fused-ring (bicyclic) bond motifs is 1. The predicted octanol–water partition coefficient (Wildman–Crippen LogP) is 5.82. The number of nitrogens with zero attached hydrogens (tertiary/aromatic N) is 2. The summed E-state index contributed by atoms with van der Waals surface area (Å²) in [5, 5.41) is 0.623. The van der Waals surface area contributed by atoms with Crippen LogP contribution in [0.2, 0.25) is 5.02 Å². The van der Waals surface area contributed by atoms with Gasteiger partial charge in [-0.3, -0.25) is 9.36 Å². The van der Waals surface area contributed by atoms with Gasteiger partial charge < -0.3 is 14.2 Å². The topological polar surface area (TPSA) is 79.1 Å². The van der Waals surface area contributed by atoms with Gasteiger partial charge in [0.05, 0.1) is 28.5 Å². The van der Waals surface area contributed by atoms with Crippen molar-refractivity contribution < 1.29 is 19.0 Å². The van der Waals surface area contributed by atoms with Crippen molar-refractivity contribution in [2.45, 2.75) is 46.4 Å². The molecule has 4 aromatic rings. The number of hydrogen-bond donors (Lipinski definition) is 0. The molecule has 9 heteroatoms. The van der Waals surface area contributed by atoms with Gasteiger partial charge >= 0.3 is 5.97 Å². The second kappa shape index (κ2) is 12.8. The molecule has 0 bridgehead atoms. The molecule has 1 aliphatic heterocycles. The van der Waals surface area contributed by atoms with Gasteiger partial charge in [0.15, 0.2) is 4.80 Å². The van der Waals surface area contributed by atoms with Gasteiger partial charge in [0.1, 0.15) is 24.1 Å². The van der Waals surface area contributed by atoms with Crippen molar-refractivity contribution in [3.63, 3.8) is 0 Å². The van der Waals surface area contributed by atoms with Gasteiger partial charge in [0, 0.05) is 21.7 Å². The maximum atomic E-state index is 14.1. The number of aromatic nitrogens is 1. The zero-order chi connectivity index (χ0) is 29.8. The first kappa shape index (κ1) is 29.4. The molecule has 1 atom stereocenters. The summed E-state index contributed by atoms with van der Waals surface area (Å²) in [6.45, 7) is 7.85. The second-order valence-corrected chi connectivity index (χ2v) is 11.3. The Hall–Kier alpha value is -4.14. The maximum Gasteiger partial charge on any atom is 0.338 e. The molecule has 0 unspecified atom stereocenters. The zero-order valence-electron chi connectivity index (χ0n) is 23.8. The number of allylic oxidation sites excluding steroid dienone is 1. The number of hydrogen-bond acceptors (Lipinski definition) is 7. The number of carbonyl (C=O) groups is 1. The van der Waals surface area contributed by atoms with Crippen molar-refractivity contribution in [1.29, 1.82) is 0 Å². The van der Waals surface area contributed by atoms with Crippen molar-refractivity contribution in [2.24, 2.45) is 4.99 Å². The minimum absolute atomic E-state index is 0.111. The van der Waals surface area contributed by atoms with Gasteiger partial charge in [-0.25, -0.2) is 9.79 Å². The van der Waals surface area contributed by atoms with E-state index in [1.807, 2.05) is 86.6 Å². The van der Waals surface area contributed by atoms with Gasteiger partial charge in [-0.2, -0.15) is 0 Å². The van der Waals surface area contributed by atoms with E-state index < -0.39 is 12.0 Å². The van der Waals surface area contributed by atoms with E-state index in [9.17, 15) is 9.59 Å². The standard InChI is InChI=1S/C33H31ClN2O5S/c1-5-39-32(38)29-21(4)35-33-36(30(29)24-14-8-11-17-27(24)41-20(2)3)31(37)28(42-33)18-22-12-7-10-16-26(22)40-19-23-13-6-9-15-25(23)34/h6-18,20,30H,5,19H2,1-4H3/b28-18-/t30-/m1/s1. The Morgan fingerprint density at radius 2 is 1.74 bits per heavy atom. The van der Waals surface area contributed by atoms with Crippen LogP contribution in [-0.4, -0.2) is 23.2 Å². The van der Waals surface area contributed by atoms with Crippen molar-refractivity contribution in [3.05, 3.63) is 125 Å². The van der Waals surface area contributed by atoms with E-state index in [2.05, 4.69) is 4.99 Å². The fourth-order valence-electron chi connectivity index (χ4n) is 4.80. The number of para-hydroxylation sites is 2. The number of rotatable bonds is 9. The summed E-state index contributed by atoms with van der Waals surface area (Å²) >= 11 is 7.58. The number of thiazole rings is 1. The Labute approximate surface area is 253 Å². The van der Waals surface area contributed by atoms with Crippen molar-refractivity contribution >= 4 is 35.0 Å². The third kappa shape index (κ3) is 6.05. The minimum Gasteiger partial charge on any atom is -0.491 e. The van der Waals surface area contributed by atoms with Crippen LogP contribution >= 0.6 is 22.9 Å². The van der Waals surface area contributed by atoms with E-state index in [1.165, 1.54) is 11.3 Å². The SMILES string of the molecule is CCOC(=O)C1=C(C)N=c2s/c(=C\c3ccccc3OCc3ccccc3Cl)c(=O)n2[C@@H]1c1ccccc1OC(C)C.